The Balaban J connectivity index is 0.00000520. The Morgan fingerprint density at radius 2 is 1.46 bits per heavy atom. The summed E-state index contributed by atoms with van der Waals surface area (Å²) in [5.41, 5.74) is 3.13. The number of ether oxygens (including phenoxy) is 1. The SMILES string of the molecule is CCOc1cc(C(C)(C)C)c(Cl)cc1C1=N[C@@H](c2ccc(Cl)cc2)[C@@H](c2ccc(Cl)cc2)N1C(=O)N1CCN(CC(=O)N(C)C)CC1.Cl. The molecule has 8 nitrogen and oxygen atoms in total. The van der Waals surface area contributed by atoms with E-state index in [9.17, 15) is 9.59 Å². The summed E-state index contributed by atoms with van der Waals surface area (Å²) in [6.45, 7) is 11.1. The minimum atomic E-state index is -0.500. The van der Waals surface area contributed by atoms with Gasteiger partial charge in [0.2, 0.25) is 5.91 Å². The second-order valence-electron chi connectivity index (χ2n) is 13.2. The van der Waals surface area contributed by atoms with Crippen LogP contribution in [0.5, 0.6) is 5.75 Å². The number of amidine groups is 1. The summed E-state index contributed by atoms with van der Waals surface area (Å²) in [6.07, 6.45) is 0. The lowest BCUT2D eigenvalue weighted by Gasteiger charge is -2.39. The van der Waals surface area contributed by atoms with Gasteiger partial charge in [0.05, 0.1) is 24.8 Å². The zero-order chi connectivity index (χ0) is 34.0. The summed E-state index contributed by atoms with van der Waals surface area (Å²) in [5.74, 6) is 1.12. The third-order valence-corrected chi connectivity index (χ3v) is 9.43. The molecule has 258 valence electrons. The molecule has 3 aromatic rings. The van der Waals surface area contributed by atoms with Crippen molar-refractivity contribution in [2.24, 2.45) is 4.99 Å². The van der Waals surface area contributed by atoms with Crippen LogP contribution in [0.25, 0.3) is 0 Å². The first-order chi connectivity index (χ1) is 22.3. The maximum atomic E-state index is 14.8. The van der Waals surface area contributed by atoms with E-state index in [0.717, 1.165) is 16.7 Å². The molecule has 0 N–H and O–H groups in total. The van der Waals surface area contributed by atoms with Crippen molar-refractivity contribution in [1.29, 1.82) is 0 Å². The number of carbonyl (C=O) groups excluding carboxylic acids is 2. The molecule has 5 rings (SSSR count). The van der Waals surface area contributed by atoms with Crippen LogP contribution in [-0.2, 0) is 10.2 Å². The van der Waals surface area contributed by atoms with Gasteiger partial charge in [0.1, 0.15) is 17.6 Å². The van der Waals surface area contributed by atoms with E-state index < -0.39 is 12.1 Å². The lowest BCUT2D eigenvalue weighted by atomic mass is 9.86. The van der Waals surface area contributed by atoms with Gasteiger partial charge in [-0.1, -0.05) is 79.8 Å². The van der Waals surface area contributed by atoms with Crippen molar-refractivity contribution >= 4 is 65.0 Å². The zero-order valence-corrected chi connectivity index (χ0v) is 31.3. The maximum absolute atomic E-state index is 14.8. The van der Waals surface area contributed by atoms with E-state index in [1.165, 1.54) is 0 Å². The average Bonchev–Trinajstić information content (AvgIpc) is 3.42. The van der Waals surface area contributed by atoms with Gasteiger partial charge in [-0.2, -0.15) is 0 Å². The maximum Gasteiger partial charge on any atom is 0.326 e. The second kappa shape index (κ2) is 15.7. The molecule has 0 aromatic heterocycles. The molecular weight excluding hydrogens is 692 g/mol. The molecule has 0 radical (unpaired) electrons. The number of nitrogens with zero attached hydrogens (tertiary/aromatic N) is 5. The first-order valence-corrected chi connectivity index (χ1v) is 17.0. The molecule has 0 saturated carbocycles. The number of likely N-dealkylation sites (N-methyl/N-ethyl adjacent to an activating group) is 1. The molecule has 1 saturated heterocycles. The number of halogens is 4. The van der Waals surface area contributed by atoms with Gasteiger partial charge in [0.25, 0.3) is 0 Å². The highest BCUT2D eigenvalue weighted by Crippen LogP contribution is 2.46. The predicted octanol–water partition coefficient (Wildman–Crippen LogP) is 8.14. The molecule has 12 heteroatoms. The normalized spacial score (nSPS) is 18.3. The monoisotopic (exact) mass is 733 g/mol. The summed E-state index contributed by atoms with van der Waals surface area (Å²) in [6, 6.07) is 17.8. The van der Waals surface area contributed by atoms with E-state index in [-0.39, 0.29) is 29.8 Å². The number of rotatable bonds is 7. The second-order valence-corrected chi connectivity index (χ2v) is 14.4. The fourth-order valence-electron chi connectivity index (χ4n) is 6.01. The summed E-state index contributed by atoms with van der Waals surface area (Å²) >= 11 is 19.6. The van der Waals surface area contributed by atoms with E-state index in [0.29, 0.717) is 71.5 Å². The minimum absolute atomic E-state index is 0. The van der Waals surface area contributed by atoms with Gasteiger partial charge in [-0.3, -0.25) is 19.6 Å². The van der Waals surface area contributed by atoms with Crippen molar-refractivity contribution in [3.05, 3.63) is 98.0 Å². The van der Waals surface area contributed by atoms with Gasteiger partial charge in [-0.15, -0.1) is 12.4 Å². The minimum Gasteiger partial charge on any atom is -0.493 e. The van der Waals surface area contributed by atoms with Crippen LogP contribution in [0.3, 0.4) is 0 Å². The molecule has 2 atom stereocenters. The van der Waals surface area contributed by atoms with E-state index in [2.05, 4.69) is 25.7 Å². The predicted molar refractivity (Wildman–Crippen MR) is 197 cm³/mol. The average molecular weight is 736 g/mol. The number of hydrogen-bond acceptors (Lipinski definition) is 5. The topological polar surface area (TPSA) is 68.7 Å². The standard InChI is InChI=1S/C36H42Cl3N5O3.ClH/c1-7-47-30-21-28(36(2,3)4)29(39)20-27(30)34-40-32(23-8-12-25(37)13-9-23)33(24-10-14-26(38)15-11-24)44(34)35(46)43-18-16-42(17-19-43)22-31(45)41(5)6;/h8-15,20-21,32-33H,7,16-19,22H2,1-6H3;1H/t32-,33+;/m0./s1. The van der Waals surface area contributed by atoms with Crippen LogP contribution >= 0.6 is 47.2 Å². The van der Waals surface area contributed by atoms with Gasteiger partial charge >= 0.3 is 6.03 Å². The Bertz CT molecular complexity index is 1630. The van der Waals surface area contributed by atoms with Gasteiger partial charge in [0.15, 0.2) is 0 Å². The molecule has 0 spiro atoms. The van der Waals surface area contributed by atoms with Crippen molar-refractivity contribution in [2.75, 3.05) is 53.4 Å². The number of benzene rings is 3. The molecule has 0 bridgehead atoms. The Labute approximate surface area is 305 Å². The quantitative estimate of drug-likeness (QED) is 0.246. The van der Waals surface area contributed by atoms with Crippen LogP contribution in [0.4, 0.5) is 4.79 Å². The van der Waals surface area contributed by atoms with Gasteiger partial charge in [-0.05, 0) is 65.4 Å². The summed E-state index contributed by atoms with van der Waals surface area (Å²) in [4.78, 5) is 39.8. The van der Waals surface area contributed by atoms with Crippen molar-refractivity contribution in [1.82, 2.24) is 19.6 Å². The smallest absolute Gasteiger partial charge is 0.326 e. The highest BCUT2D eigenvalue weighted by molar-refractivity contribution is 6.32. The van der Waals surface area contributed by atoms with Crippen molar-refractivity contribution in [2.45, 2.75) is 45.2 Å². The first-order valence-electron chi connectivity index (χ1n) is 15.8. The van der Waals surface area contributed by atoms with Crippen molar-refractivity contribution in [3.63, 3.8) is 0 Å². The molecule has 1 fully saturated rings. The van der Waals surface area contributed by atoms with Gasteiger partial charge < -0.3 is 14.5 Å². The number of piperazine rings is 1. The fraction of sp³-hybridized carbons (Fsp3) is 0.417. The van der Waals surface area contributed by atoms with E-state index in [1.54, 1.807) is 23.9 Å². The number of amides is 3. The highest BCUT2D eigenvalue weighted by Gasteiger charge is 2.45. The van der Waals surface area contributed by atoms with E-state index in [4.69, 9.17) is 44.5 Å². The first kappa shape index (κ1) is 37.8. The number of aliphatic imine (C=N–C) groups is 1. The molecule has 0 aliphatic carbocycles. The molecule has 48 heavy (non-hydrogen) atoms. The molecule has 2 heterocycles. The lowest BCUT2D eigenvalue weighted by molar-refractivity contribution is -0.130. The van der Waals surface area contributed by atoms with Gasteiger partial charge in [-0.25, -0.2) is 4.79 Å². The van der Waals surface area contributed by atoms with Crippen LogP contribution in [0.2, 0.25) is 15.1 Å². The lowest BCUT2D eigenvalue weighted by Crippen LogP contribution is -2.55. The molecule has 3 amide bonds. The van der Waals surface area contributed by atoms with Crippen LogP contribution in [0.1, 0.15) is 62.0 Å². The van der Waals surface area contributed by atoms with Crippen LogP contribution in [0, 0.1) is 0 Å². The molecular formula is C36H43Cl4N5O3. The Morgan fingerprint density at radius 1 is 0.896 bits per heavy atom. The van der Waals surface area contributed by atoms with Crippen LogP contribution in [0.15, 0.2) is 65.7 Å². The van der Waals surface area contributed by atoms with Crippen LogP contribution in [-0.4, -0.2) is 90.8 Å². The highest BCUT2D eigenvalue weighted by atomic mass is 35.5. The molecule has 2 aliphatic rings. The Morgan fingerprint density at radius 3 is 1.98 bits per heavy atom. The van der Waals surface area contributed by atoms with E-state index >= 15 is 0 Å². The Kier molecular flexibility index (Phi) is 12.4. The molecule has 0 unspecified atom stereocenters. The fourth-order valence-corrected chi connectivity index (χ4v) is 6.71. The summed E-state index contributed by atoms with van der Waals surface area (Å²) in [7, 11) is 3.50. The Hall–Kier alpha value is -3.01. The third kappa shape index (κ3) is 8.23. The summed E-state index contributed by atoms with van der Waals surface area (Å²) in [5, 5.41) is 1.78. The van der Waals surface area contributed by atoms with Crippen molar-refractivity contribution in [3.8, 4) is 5.75 Å². The number of carbonyl (C=O) groups is 2. The molecule has 2 aliphatic heterocycles. The third-order valence-electron chi connectivity index (χ3n) is 8.61. The number of hydrogen-bond donors (Lipinski definition) is 0. The molecule has 3 aromatic carbocycles. The van der Waals surface area contributed by atoms with Gasteiger partial charge in [0, 0.05) is 55.3 Å². The number of urea groups is 1. The van der Waals surface area contributed by atoms with Crippen molar-refractivity contribution < 1.29 is 14.3 Å². The van der Waals surface area contributed by atoms with Crippen LogP contribution < -0.4 is 4.74 Å². The zero-order valence-electron chi connectivity index (χ0n) is 28.2. The van der Waals surface area contributed by atoms with E-state index in [1.807, 2.05) is 72.5 Å². The summed E-state index contributed by atoms with van der Waals surface area (Å²) < 4.78 is 6.23. The largest absolute Gasteiger partial charge is 0.493 e.